The summed E-state index contributed by atoms with van der Waals surface area (Å²) in [5.74, 6) is 1.85. The van der Waals surface area contributed by atoms with E-state index >= 15 is 0 Å². The zero-order valence-electron chi connectivity index (χ0n) is 20.9. The van der Waals surface area contributed by atoms with Gasteiger partial charge in [0.05, 0.1) is 0 Å². The summed E-state index contributed by atoms with van der Waals surface area (Å²) in [7, 11) is 0. The largest absolute Gasteiger partial charge is 0.492 e. The molecule has 0 atom stereocenters. The van der Waals surface area contributed by atoms with Crippen LogP contribution in [0.2, 0.25) is 0 Å². The number of allylic oxidation sites excluding steroid dienone is 1. The SMILES string of the molecule is CCN(CC)CCOc1ccc(/C=C(/C)c2ccc(OCCN(CC)CC)cc2)cc1.Cl.Cl. The van der Waals surface area contributed by atoms with Crippen LogP contribution in [0.1, 0.15) is 45.7 Å². The van der Waals surface area contributed by atoms with Gasteiger partial charge in [-0.3, -0.25) is 0 Å². The van der Waals surface area contributed by atoms with E-state index in [-0.39, 0.29) is 24.8 Å². The third-order valence-electron chi connectivity index (χ3n) is 5.71. The summed E-state index contributed by atoms with van der Waals surface area (Å²) in [5.41, 5.74) is 3.61. The molecule has 0 amide bonds. The van der Waals surface area contributed by atoms with Crippen molar-refractivity contribution in [2.24, 2.45) is 0 Å². The lowest BCUT2D eigenvalue weighted by Crippen LogP contribution is -2.27. The van der Waals surface area contributed by atoms with Crippen molar-refractivity contribution in [1.82, 2.24) is 9.80 Å². The fourth-order valence-electron chi connectivity index (χ4n) is 3.47. The quantitative estimate of drug-likeness (QED) is 0.277. The Morgan fingerprint density at radius 2 is 1.06 bits per heavy atom. The van der Waals surface area contributed by atoms with Gasteiger partial charge in [0.15, 0.2) is 0 Å². The molecular weight excluding hydrogens is 455 g/mol. The van der Waals surface area contributed by atoms with Crippen molar-refractivity contribution in [3.05, 3.63) is 59.7 Å². The van der Waals surface area contributed by atoms with Crippen LogP contribution in [0.25, 0.3) is 11.6 Å². The van der Waals surface area contributed by atoms with E-state index in [0.29, 0.717) is 0 Å². The van der Waals surface area contributed by atoms with Crippen LogP contribution in [0.4, 0.5) is 0 Å². The molecule has 2 rings (SSSR count). The van der Waals surface area contributed by atoms with E-state index in [1.807, 2.05) is 12.1 Å². The van der Waals surface area contributed by atoms with E-state index in [4.69, 9.17) is 9.47 Å². The monoisotopic (exact) mass is 496 g/mol. The molecule has 186 valence electrons. The first kappa shape index (κ1) is 31.3. The fraction of sp³-hybridized carbons (Fsp3) is 0.481. The summed E-state index contributed by atoms with van der Waals surface area (Å²) in [5, 5.41) is 0. The van der Waals surface area contributed by atoms with E-state index in [9.17, 15) is 0 Å². The van der Waals surface area contributed by atoms with Crippen LogP contribution in [0, 0.1) is 0 Å². The summed E-state index contributed by atoms with van der Waals surface area (Å²) >= 11 is 0. The highest BCUT2D eigenvalue weighted by Gasteiger charge is 2.02. The van der Waals surface area contributed by atoms with Crippen molar-refractivity contribution in [3.63, 3.8) is 0 Å². The molecule has 2 aromatic carbocycles. The highest BCUT2D eigenvalue weighted by Crippen LogP contribution is 2.22. The highest BCUT2D eigenvalue weighted by molar-refractivity contribution is 5.85. The molecule has 0 saturated carbocycles. The summed E-state index contributed by atoms with van der Waals surface area (Å²) in [6.07, 6.45) is 2.20. The van der Waals surface area contributed by atoms with Gasteiger partial charge in [0.25, 0.3) is 0 Å². The first-order valence-electron chi connectivity index (χ1n) is 11.7. The summed E-state index contributed by atoms with van der Waals surface area (Å²) in [6.45, 7) is 18.5. The molecule has 0 saturated heterocycles. The van der Waals surface area contributed by atoms with E-state index in [2.05, 4.69) is 86.9 Å². The number of nitrogens with zero attached hydrogens (tertiary/aromatic N) is 2. The minimum Gasteiger partial charge on any atom is -0.492 e. The van der Waals surface area contributed by atoms with Gasteiger partial charge in [0, 0.05) is 13.1 Å². The third-order valence-corrected chi connectivity index (χ3v) is 5.71. The van der Waals surface area contributed by atoms with Crippen LogP contribution >= 0.6 is 24.8 Å². The Morgan fingerprint density at radius 3 is 1.45 bits per heavy atom. The molecule has 0 heterocycles. The van der Waals surface area contributed by atoms with Gasteiger partial charge in [-0.1, -0.05) is 58.0 Å². The lowest BCUT2D eigenvalue weighted by Gasteiger charge is -2.18. The highest BCUT2D eigenvalue weighted by atomic mass is 35.5. The lowest BCUT2D eigenvalue weighted by atomic mass is 10.0. The van der Waals surface area contributed by atoms with Crippen LogP contribution in [0.3, 0.4) is 0 Å². The average Bonchev–Trinajstić information content (AvgIpc) is 2.81. The van der Waals surface area contributed by atoms with E-state index in [1.54, 1.807) is 0 Å². The van der Waals surface area contributed by atoms with Gasteiger partial charge in [0.1, 0.15) is 24.7 Å². The molecule has 0 bridgehead atoms. The standard InChI is InChI=1S/C27H40N2O2.2ClH/c1-6-28(7-2)18-20-30-26-14-10-24(11-15-26)22-23(5)25-12-16-27(17-13-25)31-21-19-29(8-3)9-4;;/h10-17,22H,6-9,18-21H2,1-5H3;2*1H/b23-22-;;. The molecule has 0 N–H and O–H groups in total. The Labute approximate surface area is 213 Å². The second kappa shape index (κ2) is 17.7. The Hall–Kier alpha value is -1.72. The molecule has 0 aliphatic rings. The Balaban J connectivity index is 0.00000512. The van der Waals surface area contributed by atoms with E-state index < -0.39 is 0 Å². The maximum Gasteiger partial charge on any atom is 0.119 e. The lowest BCUT2D eigenvalue weighted by molar-refractivity contribution is 0.223. The van der Waals surface area contributed by atoms with E-state index in [0.717, 1.165) is 64.0 Å². The van der Waals surface area contributed by atoms with Crippen molar-refractivity contribution in [3.8, 4) is 11.5 Å². The van der Waals surface area contributed by atoms with Crippen molar-refractivity contribution in [1.29, 1.82) is 0 Å². The maximum absolute atomic E-state index is 5.89. The summed E-state index contributed by atoms with van der Waals surface area (Å²) in [4.78, 5) is 4.73. The molecule has 6 heteroatoms. The number of rotatable bonds is 14. The molecule has 0 spiro atoms. The van der Waals surface area contributed by atoms with Gasteiger partial charge in [0.2, 0.25) is 0 Å². The number of hydrogen-bond donors (Lipinski definition) is 0. The predicted molar refractivity (Wildman–Crippen MR) is 147 cm³/mol. The minimum atomic E-state index is 0. The molecule has 0 unspecified atom stereocenters. The van der Waals surface area contributed by atoms with Crippen LogP contribution < -0.4 is 9.47 Å². The molecule has 0 fully saturated rings. The third kappa shape index (κ3) is 11.3. The molecule has 0 aliphatic heterocycles. The molecule has 0 aromatic heterocycles. The molecule has 2 aromatic rings. The van der Waals surface area contributed by atoms with Crippen molar-refractivity contribution >= 4 is 36.5 Å². The Morgan fingerprint density at radius 1 is 0.667 bits per heavy atom. The van der Waals surface area contributed by atoms with Gasteiger partial charge in [-0.2, -0.15) is 0 Å². The van der Waals surface area contributed by atoms with Crippen molar-refractivity contribution in [2.45, 2.75) is 34.6 Å². The van der Waals surface area contributed by atoms with Crippen LogP contribution in [-0.4, -0.2) is 62.3 Å². The second-order valence-electron chi connectivity index (χ2n) is 7.67. The maximum atomic E-state index is 5.89. The molecule has 4 nitrogen and oxygen atoms in total. The van der Waals surface area contributed by atoms with Crippen LogP contribution in [-0.2, 0) is 0 Å². The summed E-state index contributed by atoms with van der Waals surface area (Å²) < 4.78 is 11.8. The number of halogens is 2. The molecule has 33 heavy (non-hydrogen) atoms. The first-order valence-corrected chi connectivity index (χ1v) is 11.7. The smallest absolute Gasteiger partial charge is 0.119 e. The number of ether oxygens (including phenoxy) is 2. The van der Waals surface area contributed by atoms with E-state index in [1.165, 1.54) is 16.7 Å². The van der Waals surface area contributed by atoms with Crippen molar-refractivity contribution < 1.29 is 9.47 Å². The Bertz CT molecular complexity index is 772. The summed E-state index contributed by atoms with van der Waals surface area (Å²) in [6, 6.07) is 16.7. The minimum absolute atomic E-state index is 0. The fourth-order valence-corrected chi connectivity index (χ4v) is 3.47. The Kier molecular flexibility index (Phi) is 16.8. The zero-order valence-corrected chi connectivity index (χ0v) is 22.5. The van der Waals surface area contributed by atoms with Gasteiger partial charge >= 0.3 is 0 Å². The average molecular weight is 498 g/mol. The number of benzene rings is 2. The molecular formula is C27H42Cl2N2O2. The normalized spacial score (nSPS) is 11.2. The van der Waals surface area contributed by atoms with Gasteiger partial charge < -0.3 is 19.3 Å². The number of likely N-dealkylation sites (N-methyl/N-ethyl adjacent to an activating group) is 2. The van der Waals surface area contributed by atoms with Gasteiger partial charge in [-0.25, -0.2) is 0 Å². The number of hydrogen-bond acceptors (Lipinski definition) is 4. The first-order chi connectivity index (χ1) is 15.1. The van der Waals surface area contributed by atoms with Crippen LogP contribution in [0.15, 0.2) is 48.5 Å². The van der Waals surface area contributed by atoms with Crippen LogP contribution in [0.5, 0.6) is 11.5 Å². The van der Waals surface area contributed by atoms with Crippen molar-refractivity contribution in [2.75, 3.05) is 52.5 Å². The second-order valence-corrected chi connectivity index (χ2v) is 7.67. The molecule has 0 radical (unpaired) electrons. The van der Waals surface area contributed by atoms with Gasteiger partial charge in [-0.15, -0.1) is 24.8 Å². The topological polar surface area (TPSA) is 24.9 Å². The predicted octanol–water partition coefficient (Wildman–Crippen LogP) is 6.53. The molecule has 0 aliphatic carbocycles. The van der Waals surface area contributed by atoms with Gasteiger partial charge in [-0.05, 0) is 74.1 Å². The zero-order chi connectivity index (χ0) is 22.5.